The van der Waals surface area contributed by atoms with E-state index in [1.54, 1.807) is 0 Å². The van der Waals surface area contributed by atoms with Crippen molar-refractivity contribution in [2.24, 2.45) is 5.92 Å². The highest BCUT2D eigenvalue weighted by molar-refractivity contribution is 9.10. The summed E-state index contributed by atoms with van der Waals surface area (Å²) >= 11 is 3.44. The summed E-state index contributed by atoms with van der Waals surface area (Å²) in [6.45, 7) is 1.78. The van der Waals surface area contributed by atoms with Crippen LogP contribution in [0.4, 0.5) is 0 Å². The Morgan fingerprint density at radius 2 is 2.11 bits per heavy atom. The van der Waals surface area contributed by atoms with Crippen LogP contribution in [0.3, 0.4) is 0 Å². The number of benzene rings is 1. The van der Waals surface area contributed by atoms with E-state index < -0.39 is 0 Å². The maximum atomic E-state index is 11.7. The van der Waals surface area contributed by atoms with Crippen molar-refractivity contribution >= 4 is 21.9 Å². The molecule has 1 aromatic rings. The van der Waals surface area contributed by atoms with Crippen LogP contribution in [-0.4, -0.2) is 19.2 Å². The number of ether oxygens (including phenoxy) is 1. The van der Waals surface area contributed by atoms with Crippen LogP contribution in [0.25, 0.3) is 0 Å². The van der Waals surface area contributed by atoms with Gasteiger partial charge in [-0.15, -0.1) is 5.48 Å². The van der Waals surface area contributed by atoms with Crippen LogP contribution in [0.15, 0.2) is 28.7 Å². The average molecular weight is 314 g/mol. The molecule has 0 amide bonds. The van der Waals surface area contributed by atoms with Crippen LogP contribution < -0.4 is 5.48 Å². The highest BCUT2D eigenvalue weighted by Crippen LogP contribution is 2.17. The molecule has 98 valence electrons. The lowest BCUT2D eigenvalue weighted by atomic mass is 10.0. The van der Waals surface area contributed by atoms with Crippen LogP contribution in [-0.2, 0) is 20.9 Å². The van der Waals surface area contributed by atoms with Crippen LogP contribution in [0, 0.1) is 5.92 Å². The zero-order valence-electron chi connectivity index (χ0n) is 10.0. The standard InChI is InChI=1S/C13H16BrNO3/c14-12-4-2-1-3-11(12)9-15-18-13(16)10-5-7-17-8-6-10/h1-4,10,15H,5-9H2. The van der Waals surface area contributed by atoms with Gasteiger partial charge < -0.3 is 9.57 Å². The highest BCUT2D eigenvalue weighted by Gasteiger charge is 2.23. The first-order valence-corrected chi connectivity index (χ1v) is 6.81. The predicted molar refractivity (Wildman–Crippen MR) is 70.6 cm³/mol. The molecule has 0 saturated carbocycles. The molecule has 0 bridgehead atoms. The number of halogens is 1. The van der Waals surface area contributed by atoms with E-state index in [2.05, 4.69) is 21.4 Å². The highest BCUT2D eigenvalue weighted by atomic mass is 79.9. The van der Waals surface area contributed by atoms with Gasteiger partial charge in [-0.2, -0.15) is 0 Å². The molecule has 1 saturated heterocycles. The molecule has 0 radical (unpaired) electrons. The van der Waals surface area contributed by atoms with Gasteiger partial charge in [-0.25, -0.2) is 0 Å². The van der Waals surface area contributed by atoms with Crippen molar-refractivity contribution in [3.63, 3.8) is 0 Å². The van der Waals surface area contributed by atoms with E-state index in [-0.39, 0.29) is 11.9 Å². The van der Waals surface area contributed by atoms with Gasteiger partial charge in [0, 0.05) is 17.7 Å². The lowest BCUT2D eigenvalue weighted by Crippen LogP contribution is -2.29. The molecule has 1 N–H and O–H groups in total. The number of hydrogen-bond acceptors (Lipinski definition) is 4. The minimum atomic E-state index is -0.189. The number of carbonyl (C=O) groups excluding carboxylic acids is 1. The molecule has 0 spiro atoms. The van der Waals surface area contributed by atoms with Crippen molar-refractivity contribution in [1.82, 2.24) is 5.48 Å². The second kappa shape index (κ2) is 6.87. The van der Waals surface area contributed by atoms with Crippen molar-refractivity contribution in [3.05, 3.63) is 34.3 Å². The lowest BCUT2D eigenvalue weighted by Gasteiger charge is -2.20. The van der Waals surface area contributed by atoms with E-state index in [1.807, 2.05) is 24.3 Å². The van der Waals surface area contributed by atoms with Gasteiger partial charge in [0.25, 0.3) is 0 Å². The molecule has 18 heavy (non-hydrogen) atoms. The normalized spacial score (nSPS) is 16.5. The summed E-state index contributed by atoms with van der Waals surface area (Å²) in [4.78, 5) is 16.8. The van der Waals surface area contributed by atoms with Gasteiger partial charge in [-0.05, 0) is 24.5 Å². The van der Waals surface area contributed by atoms with Crippen molar-refractivity contribution < 1.29 is 14.4 Å². The minimum Gasteiger partial charge on any atom is -0.381 e. The third-order valence-electron chi connectivity index (χ3n) is 2.95. The first kappa shape index (κ1) is 13.5. The van der Waals surface area contributed by atoms with E-state index >= 15 is 0 Å². The molecule has 2 rings (SSSR count). The molecule has 1 aliphatic heterocycles. The molecule has 1 fully saturated rings. The topological polar surface area (TPSA) is 47.6 Å². The summed E-state index contributed by atoms with van der Waals surface area (Å²) in [5.41, 5.74) is 3.77. The minimum absolute atomic E-state index is 0.0366. The van der Waals surface area contributed by atoms with Gasteiger partial charge >= 0.3 is 5.97 Å². The largest absolute Gasteiger partial charge is 0.381 e. The van der Waals surface area contributed by atoms with Gasteiger partial charge in [0.2, 0.25) is 0 Å². The molecule has 0 aromatic heterocycles. The Balaban J connectivity index is 1.75. The fourth-order valence-corrected chi connectivity index (χ4v) is 2.27. The number of hydrogen-bond donors (Lipinski definition) is 1. The second-order valence-corrected chi connectivity index (χ2v) is 5.07. The molecule has 1 aliphatic rings. The fraction of sp³-hybridized carbons (Fsp3) is 0.462. The van der Waals surface area contributed by atoms with Crippen LogP contribution in [0.5, 0.6) is 0 Å². The summed E-state index contributed by atoms with van der Waals surface area (Å²) < 4.78 is 6.20. The summed E-state index contributed by atoms with van der Waals surface area (Å²) in [6.07, 6.45) is 1.49. The Labute approximate surface area is 115 Å². The molecule has 1 aromatic carbocycles. The number of hydroxylamine groups is 1. The molecule has 4 nitrogen and oxygen atoms in total. The number of rotatable bonds is 4. The van der Waals surface area contributed by atoms with Crippen molar-refractivity contribution in [2.45, 2.75) is 19.4 Å². The summed E-state index contributed by atoms with van der Waals surface area (Å²) in [7, 11) is 0. The van der Waals surface area contributed by atoms with E-state index in [4.69, 9.17) is 9.57 Å². The fourth-order valence-electron chi connectivity index (χ4n) is 1.84. The Bertz CT molecular complexity index is 405. The van der Waals surface area contributed by atoms with Crippen LogP contribution in [0.2, 0.25) is 0 Å². The van der Waals surface area contributed by atoms with E-state index in [0.717, 1.165) is 22.9 Å². The average Bonchev–Trinajstić information content (AvgIpc) is 2.42. The van der Waals surface area contributed by atoms with Gasteiger partial charge in [-0.3, -0.25) is 4.79 Å². The lowest BCUT2D eigenvalue weighted by molar-refractivity contribution is -0.159. The predicted octanol–water partition coefficient (Wildman–Crippen LogP) is 2.42. The smallest absolute Gasteiger partial charge is 0.327 e. The summed E-state index contributed by atoms with van der Waals surface area (Å²) in [6, 6.07) is 7.82. The summed E-state index contributed by atoms with van der Waals surface area (Å²) in [5, 5.41) is 0. The van der Waals surface area contributed by atoms with Gasteiger partial charge in [-0.1, -0.05) is 34.1 Å². The maximum Gasteiger partial charge on any atom is 0.327 e. The molecule has 0 aliphatic carbocycles. The quantitative estimate of drug-likeness (QED) is 0.867. The second-order valence-electron chi connectivity index (χ2n) is 4.22. The van der Waals surface area contributed by atoms with Crippen molar-refractivity contribution in [1.29, 1.82) is 0 Å². The monoisotopic (exact) mass is 313 g/mol. The van der Waals surface area contributed by atoms with E-state index in [9.17, 15) is 4.79 Å². The SMILES string of the molecule is O=C(ONCc1ccccc1Br)C1CCOCC1. The molecular weight excluding hydrogens is 298 g/mol. The molecule has 0 unspecified atom stereocenters. The summed E-state index contributed by atoms with van der Waals surface area (Å²) in [5.74, 6) is -0.226. The maximum absolute atomic E-state index is 11.7. The third-order valence-corrected chi connectivity index (χ3v) is 3.72. The first-order chi connectivity index (χ1) is 8.77. The Kier molecular flexibility index (Phi) is 5.16. The molecular formula is C13H16BrNO3. The molecule has 1 heterocycles. The van der Waals surface area contributed by atoms with Gasteiger partial charge in [0.1, 0.15) is 0 Å². The Morgan fingerprint density at radius 3 is 2.83 bits per heavy atom. The molecule has 5 heteroatoms. The van der Waals surface area contributed by atoms with Crippen LogP contribution >= 0.6 is 15.9 Å². The first-order valence-electron chi connectivity index (χ1n) is 6.02. The zero-order chi connectivity index (χ0) is 12.8. The van der Waals surface area contributed by atoms with Crippen molar-refractivity contribution in [2.75, 3.05) is 13.2 Å². The van der Waals surface area contributed by atoms with Crippen LogP contribution in [0.1, 0.15) is 18.4 Å². The van der Waals surface area contributed by atoms with Gasteiger partial charge in [0.15, 0.2) is 0 Å². The van der Waals surface area contributed by atoms with Gasteiger partial charge in [0.05, 0.1) is 12.5 Å². The molecule has 0 atom stereocenters. The Morgan fingerprint density at radius 1 is 1.39 bits per heavy atom. The number of nitrogens with one attached hydrogen (secondary N) is 1. The third kappa shape index (κ3) is 3.80. The van der Waals surface area contributed by atoms with Crippen molar-refractivity contribution in [3.8, 4) is 0 Å². The van der Waals surface area contributed by atoms with E-state index in [0.29, 0.717) is 19.8 Å². The zero-order valence-corrected chi connectivity index (χ0v) is 11.6. The Hall–Kier alpha value is -0.910. The number of carbonyl (C=O) groups is 1. The van der Waals surface area contributed by atoms with E-state index in [1.165, 1.54) is 0 Å².